The molecule has 3 rings (SSSR count). The van der Waals surface area contributed by atoms with Gasteiger partial charge in [0.05, 0.1) is 6.20 Å². The van der Waals surface area contributed by atoms with Crippen LogP contribution in [0, 0.1) is 5.82 Å². The molecule has 1 aliphatic rings. The van der Waals surface area contributed by atoms with E-state index in [1.54, 1.807) is 6.07 Å². The van der Waals surface area contributed by atoms with Crippen LogP contribution in [0.1, 0.15) is 18.4 Å². The molecule has 0 aliphatic heterocycles. The van der Waals surface area contributed by atoms with Crippen LogP contribution in [-0.2, 0) is 6.42 Å². The summed E-state index contributed by atoms with van der Waals surface area (Å²) in [6, 6.07) is 2.33. The Bertz CT molecular complexity index is 536. The first-order valence-electron chi connectivity index (χ1n) is 6.06. The smallest absolute Gasteiger partial charge is 0.142 e. The maximum atomic E-state index is 13.1. The van der Waals surface area contributed by atoms with E-state index in [4.69, 9.17) is 0 Å². The van der Waals surface area contributed by atoms with Gasteiger partial charge in [-0.15, -0.1) is 12.4 Å². The summed E-state index contributed by atoms with van der Waals surface area (Å²) in [6.45, 7) is 1.02. The molecular weight excluding hydrogens is 253 g/mol. The molecule has 0 saturated heterocycles. The van der Waals surface area contributed by atoms with E-state index in [0.29, 0.717) is 0 Å². The molecule has 0 amide bonds. The van der Waals surface area contributed by atoms with E-state index < -0.39 is 0 Å². The van der Waals surface area contributed by atoms with E-state index in [-0.39, 0.29) is 18.2 Å². The van der Waals surface area contributed by atoms with Gasteiger partial charge in [0.15, 0.2) is 0 Å². The molecule has 1 saturated carbocycles. The lowest BCUT2D eigenvalue weighted by Gasteiger charge is -2.14. The van der Waals surface area contributed by atoms with E-state index in [0.717, 1.165) is 35.6 Å². The van der Waals surface area contributed by atoms with E-state index >= 15 is 0 Å². The third-order valence-corrected chi connectivity index (χ3v) is 3.49. The Hall–Kier alpha value is -1.13. The summed E-state index contributed by atoms with van der Waals surface area (Å²) in [5, 5.41) is 0.911. The fourth-order valence-electron chi connectivity index (χ4n) is 2.23. The highest BCUT2D eigenvalue weighted by Gasteiger charge is 2.25. The number of H-pyrrole nitrogens is 1. The second-order valence-electron chi connectivity index (χ2n) is 4.83. The van der Waals surface area contributed by atoms with Gasteiger partial charge in [-0.25, -0.2) is 9.37 Å². The standard InChI is InChI=1S/C13H16FN3.ClH/c1-17(11-2-3-11)5-4-9-7-15-13-12(9)6-10(14)8-16-13;/h6-8,11H,2-5H2,1H3,(H,15,16);1H. The molecule has 5 heteroatoms. The van der Waals surface area contributed by atoms with Crippen LogP contribution in [0.15, 0.2) is 18.5 Å². The zero-order valence-corrected chi connectivity index (χ0v) is 11.1. The minimum absolute atomic E-state index is 0. The van der Waals surface area contributed by atoms with Crippen molar-refractivity contribution in [2.75, 3.05) is 13.6 Å². The Morgan fingerprint density at radius 2 is 2.28 bits per heavy atom. The van der Waals surface area contributed by atoms with Crippen molar-refractivity contribution >= 4 is 23.4 Å². The van der Waals surface area contributed by atoms with Gasteiger partial charge in [0.1, 0.15) is 11.5 Å². The molecule has 0 spiro atoms. The van der Waals surface area contributed by atoms with Crippen LogP contribution < -0.4 is 0 Å². The lowest BCUT2D eigenvalue weighted by atomic mass is 10.1. The molecule has 98 valence electrons. The topological polar surface area (TPSA) is 31.9 Å². The number of pyridine rings is 1. The molecular formula is C13H17ClFN3. The van der Waals surface area contributed by atoms with Crippen molar-refractivity contribution in [2.45, 2.75) is 25.3 Å². The summed E-state index contributed by atoms with van der Waals surface area (Å²) >= 11 is 0. The summed E-state index contributed by atoms with van der Waals surface area (Å²) in [7, 11) is 2.16. The molecule has 1 N–H and O–H groups in total. The first kappa shape index (κ1) is 13.3. The maximum absolute atomic E-state index is 13.1. The molecule has 0 radical (unpaired) electrons. The Labute approximate surface area is 112 Å². The Kier molecular flexibility index (Phi) is 3.88. The van der Waals surface area contributed by atoms with Gasteiger partial charge >= 0.3 is 0 Å². The normalized spacial score (nSPS) is 15.1. The molecule has 2 aromatic heterocycles. The number of fused-ring (bicyclic) bond motifs is 1. The Balaban J connectivity index is 0.00000120. The second kappa shape index (κ2) is 5.24. The molecule has 1 aliphatic carbocycles. The van der Waals surface area contributed by atoms with E-state index in [9.17, 15) is 4.39 Å². The van der Waals surface area contributed by atoms with Crippen LogP contribution >= 0.6 is 12.4 Å². The third-order valence-electron chi connectivity index (χ3n) is 3.49. The molecule has 18 heavy (non-hydrogen) atoms. The quantitative estimate of drug-likeness (QED) is 0.926. The minimum Gasteiger partial charge on any atom is -0.346 e. The number of nitrogens with one attached hydrogen (secondary N) is 1. The van der Waals surface area contributed by atoms with Crippen molar-refractivity contribution in [3.63, 3.8) is 0 Å². The summed E-state index contributed by atoms with van der Waals surface area (Å²) in [6.07, 6.45) is 6.77. The Morgan fingerprint density at radius 1 is 1.50 bits per heavy atom. The first-order valence-corrected chi connectivity index (χ1v) is 6.06. The van der Waals surface area contributed by atoms with Gasteiger partial charge in [-0.05, 0) is 37.9 Å². The van der Waals surface area contributed by atoms with Gasteiger partial charge < -0.3 is 9.88 Å². The predicted octanol–water partition coefficient (Wildman–Crippen LogP) is 2.76. The van der Waals surface area contributed by atoms with Crippen molar-refractivity contribution < 1.29 is 4.39 Å². The number of halogens is 2. The number of hydrogen-bond donors (Lipinski definition) is 1. The molecule has 0 bridgehead atoms. The van der Waals surface area contributed by atoms with Crippen LogP contribution in [0.4, 0.5) is 4.39 Å². The highest BCUT2D eigenvalue weighted by molar-refractivity contribution is 5.85. The molecule has 0 unspecified atom stereocenters. The molecule has 0 aromatic carbocycles. The van der Waals surface area contributed by atoms with Gasteiger partial charge in [-0.3, -0.25) is 0 Å². The minimum atomic E-state index is -0.270. The van der Waals surface area contributed by atoms with Crippen molar-refractivity contribution in [1.29, 1.82) is 0 Å². The average Bonchev–Trinajstić information content (AvgIpc) is 3.09. The monoisotopic (exact) mass is 269 g/mol. The molecule has 0 atom stereocenters. The van der Waals surface area contributed by atoms with Crippen molar-refractivity contribution in [3.05, 3.63) is 29.8 Å². The fourth-order valence-corrected chi connectivity index (χ4v) is 2.23. The van der Waals surface area contributed by atoms with Crippen LogP contribution in [0.5, 0.6) is 0 Å². The number of hydrogen-bond acceptors (Lipinski definition) is 2. The zero-order chi connectivity index (χ0) is 11.8. The second-order valence-corrected chi connectivity index (χ2v) is 4.83. The number of aromatic nitrogens is 2. The Morgan fingerprint density at radius 3 is 3.00 bits per heavy atom. The van der Waals surface area contributed by atoms with Crippen molar-refractivity contribution in [1.82, 2.24) is 14.9 Å². The number of likely N-dealkylation sites (N-methyl/N-ethyl adjacent to an activating group) is 1. The summed E-state index contributed by atoms with van der Waals surface area (Å²) in [4.78, 5) is 9.50. The van der Waals surface area contributed by atoms with E-state index in [2.05, 4.69) is 21.9 Å². The maximum Gasteiger partial charge on any atom is 0.142 e. The van der Waals surface area contributed by atoms with Crippen LogP contribution in [0.3, 0.4) is 0 Å². The summed E-state index contributed by atoms with van der Waals surface area (Å²) in [5.74, 6) is -0.270. The highest BCUT2D eigenvalue weighted by atomic mass is 35.5. The summed E-state index contributed by atoms with van der Waals surface area (Å²) in [5.41, 5.74) is 1.93. The summed E-state index contributed by atoms with van der Waals surface area (Å²) < 4.78 is 13.1. The SMILES string of the molecule is CN(CCc1c[nH]c2ncc(F)cc12)C1CC1.Cl. The van der Waals surface area contributed by atoms with Gasteiger partial charge in [-0.2, -0.15) is 0 Å². The number of rotatable bonds is 4. The molecule has 3 nitrogen and oxygen atoms in total. The first-order chi connectivity index (χ1) is 8.24. The molecule has 2 heterocycles. The van der Waals surface area contributed by atoms with Crippen LogP contribution in [0.25, 0.3) is 11.0 Å². The van der Waals surface area contributed by atoms with E-state index in [1.807, 2.05) is 6.20 Å². The largest absolute Gasteiger partial charge is 0.346 e. The van der Waals surface area contributed by atoms with Gasteiger partial charge in [-0.1, -0.05) is 0 Å². The van der Waals surface area contributed by atoms with Crippen LogP contribution in [-0.4, -0.2) is 34.5 Å². The fraction of sp³-hybridized carbons (Fsp3) is 0.462. The van der Waals surface area contributed by atoms with Gasteiger partial charge in [0.2, 0.25) is 0 Å². The van der Waals surface area contributed by atoms with Crippen LogP contribution in [0.2, 0.25) is 0 Å². The lowest BCUT2D eigenvalue weighted by Crippen LogP contribution is -2.23. The van der Waals surface area contributed by atoms with Gasteiger partial charge in [0, 0.05) is 24.2 Å². The van der Waals surface area contributed by atoms with E-state index in [1.165, 1.54) is 19.0 Å². The zero-order valence-electron chi connectivity index (χ0n) is 10.3. The van der Waals surface area contributed by atoms with Crippen molar-refractivity contribution in [3.8, 4) is 0 Å². The van der Waals surface area contributed by atoms with Crippen molar-refractivity contribution in [2.24, 2.45) is 0 Å². The highest BCUT2D eigenvalue weighted by Crippen LogP contribution is 2.26. The number of nitrogens with zero attached hydrogens (tertiary/aromatic N) is 2. The molecule has 2 aromatic rings. The average molecular weight is 270 g/mol. The lowest BCUT2D eigenvalue weighted by molar-refractivity contribution is 0.329. The molecule has 1 fully saturated rings. The number of aromatic amines is 1. The predicted molar refractivity (Wildman–Crippen MR) is 72.7 cm³/mol. The third kappa shape index (κ3) is 2.65. The van der Waals surface area contributed by atoms with Gasteiger partial charge in [0.25, 0.3) is 0 Å².